The molecular weight excluding hydrogens is 395 g/mol. The van der Waals surface area contributed by atoms with Crippen LogP contribution in [-0.4, -0.2) is 4.92 Å². The monoisotopic (exact) mass is 402 g/mol. The van der Waals surface area contributed by atoms with E-state index >= 15 is 0 Å². The summed E-state index contributed by atoms with van der Waals surface area (Å²) in [5.74, 6) is -0.320. The van der Waals surface area contributed by atoms with Crippen molar-refractivity contribution in [2.24, 2.45) is 0 Å². The molecule has 0 saturated carbocycles. The van der Waals surface area contributed by atoms with Crippen LogP contribution in [0.4, 0.5) is 15.8 Å². The van der Waals surface area contributed by atoms with Crippen LogP contribution in [0, 0.1) is 15.9 Å². The smallest absolute Gasteiger partial charge is 0.270 e. The van der Waals surface area contributed by atoms with Gasteiger partial charge in [-0.15, -0.1) is 0 Å². The van der Waals surface area contributed by atoms with Crippen molar-refractivity contribution >= 4 is 43.2 Å². The third kappa shape index (κ3) is 3.55. The number of nitrogens with zero attached hydrogens (tertiary/aromatic N) is 1. The van der Waals surface area contributed by atoms with Crippen LogP contribution < -0.4 is 5.32 Å². The number of hydrogen-bond acceptors (Lipinski definition) is 3. The Morgan fingerprint density at radius 3 is 2.50 bits per heavy atom. The topological polar surface area (TPSA) is 55.2 Å². The lowest BCUT2D eigenvalue weighted by molar-refractivity contribution is -0.384. The molecule has 1 N–H and O–H groups in total. The molecular formula is C13H9Br2FN2O2. The molecule has 20 heavy (non-hydrogen) atoms. The summed E-state index contributed by atoms with van der Waals surface area (Å²) in [6.45, 7) is 0.461. The minimum absolute atomic E-state index is 0.0311. The maximum absolute atomic E-state index is 13.0. The summed E-state index contributed by atoms with van der Waals surface area (Å²) < 4.78 is 14.2. The van der Waals surface area contributed by atoms with Crippen LogP contribution in [0.5, 0.6) is 0 Å². The molecule has 4 nitrogen and oxygen atoms in total. The van der Waals surface area contributed by atoms with E-state index < -0.39 is 4.92 Å². The number of anilines is 1. The molecule has 104 valence electrons. The molecule has 0 aliphatic rings. The Morgan fingerprint density at radius 2 is 1.90 bits per heavy atom. The van der Waals surface area contributed by atoms with Gasteiger partial charge >= 0.3 is 0 Å². The molecule has 0 radical (unpaired) electrons. The van der Waals surface area contributed by atoms with Crippen molar-refractivity contribution in [2.45, 2.75) is 6.54 Å². The van der Waals surface area contributed by atoms with E-state index in [-0.39, 0.29) is 11.5 Å². The lowest BCUT2D eigenvalue weighted by Crippen LogP contribution is -2.01. The zero-order valence-electron chi connectivity index (χ0n) is 10.1. The predicted molar refractivity (Wildman–Crippen MR) is 82.2 cm³/mol. The van der Waals surface area contributed by atoms with Crippen LogP contribution in [0.25, 0.3) is 0 Å². The van der Waals surface area contributed by atoms with Crippen LogP contribution in [0.15, 0.2) is 45.3 Å². The van der Waals surface area contributed by atoms with E-state index in [2.05, 4.69) is 37.2 Å². The highest BCUT2D eigenvalue weighted by Crippen LogP contribution is 2.26. The molecule has 0 unspecified atom stereocenters. The summed E-state index contributed by atoms with van der Waals surface area (Å²) >= 11 is 6.57. The molecule has 2 rings (SSSR count). The van der Waals surface area contributed by atoms with E-state index in [1.807, 2.05) is 0 Å². The van der Waals surface area contributed by atoms with Gasteiger partial charge in [-0.2, -0.15) is 0 Å². The van der Waals surface area contributed by atoms with Crippen molar-refractivity contribution in [1.29, 1.82) is 0 Å². The number of non-ortho nitro benzene ring substituents is 1. The van der Waals surface area contributed by atoms with E-state index in [4.69, 9.17) is 0 Å². The molecule has 2 aromatic rings. The normalized spacial score (nSPS) is 10.3. The van der Waals surface area contributed by atoms with Crippen molar-refractivity contribution < 1.29 is 9.31 Å². The number of halogens is 3. The first-order chi connectivity index (χ1) is 9.47. The van der Waals surface area contributed by atoms with Gasteiger partial charge in [0.25, 0.3) is 5.69 Å². The quantitative estimate of drug-likeness (QED) is 0.585. The fourth-order valence-corrected chi connectivity index (χ4v) is 2.61. The predicted octanol–water partition coefficient (Wildman–Crippen LogP) is 4.87. The summed E-state index contributed by atoms with van der Waals surface area (Å²) in [6, 6.07) is 8.93. The minimum atomic E-state index is -0.446. The van der Waals surface area contributed by atoms with Crippen molar-refractivity contribution in [3.8, 4) is 0 Å². The molecule has 0 bridgehead atoms. The molecule has 0 aliphatic carbocycles. The van der Waals surface area contributed by atoms with Gasteiger partial charge in [0.2, 0.25) is 0 Å². The Kier molecular flexibility index (Phi) is 4.72. The third-order valence-electron chi connectivity index (χ3n) is 2.65. The molecule has 0 saturated heterocycles. The first-order valence-electron chi connectivity index (χ1n) is 5.59. The van der Waals surface area contributed by atoms with Gasteiger partial charge in [0.05, 0.1) is 4.92 Å². The molecule has 0 fully saturated rings. The van der Waals surface area contributed by atoms with Crippen molar-refractivity contribution in [3.05, 3.63) is 66.8 Å². The number of nitro groups is 1. The average molecular weight is 404 g/mol. The van der Waals surface area contributed by atoms with Gasteiger partial charge in [-0.3, -0.25) is 10.1 Å². The van der Waals surface area contributed by atoms with Gasteiger partial charge in [-0.05, 0) is 45.8 Å². The zero-order valence-corrected chi connectivity index (χ0v) is 13.2. The SMILES string of the molecule is O=[N+]([O-])c1ccc(CNc2ccc(F)cc2Br)c(Br)c1. The van der Waals surface area contributed by atoms with Gasteiger partial charge in [0, 0.05) is 33.3 Å². The fraction of sp³-hybridized carbons (Fsp3) is 0.0769. The maximum Gasteiger partial charge on any atom is 0.270 e. The van der Waals surface area contributed by atoms with Crippen LogP contribution in [0.2, 0.25) is 0 Å². The Bertz CT molecular complexity index is 665. The maximum atomic E-state index is 13.0. The highest BCUT2D eigenvalue weighted by Gasteiger charge is 2.09. The average Bonchev–Trinajstić information content (AvgIpc) is 2.38. The third-order valence-corrected chi connectivity index (χ3v) is 4.04. The molecule has 0 aromatic heterocycles. The molecule has 0 spiro atoms. The Morgan fingerprint density at radius 1 is 1.15 bits per heavy atom. The standard InChI is InChI=1S/C13H9Br2FN2O2/c14-11-6-10(18(19)20)3-1-8(11)7-17-13-4-2-9(16)5-12(13)15/h1-6,17H,7H2. The number of rotatable bonds is 4. The van der Waals surface area contributed by atoms with Gasteiger partial charge in [-0.1, -0.05) is 15.9 Å². The second kappa shape index (κ2) is 6.32. The number of benzene rings is 2. The Labute approximate surface area is 131 Å². The summed E-state index contributed by atoms with van der Waals surface area (Å²) in [4.78, 5) is 10.2. The van der Waals surface area contributed by atoms with E-state index in [1.165, 1.54) is 24.3 Å². The number of nitro benzene ring substituents is 1. The number of hydrogen-bond donors (Lipinski definition) is 1. The summed E-state index contributed by atoms with van der Waals surface area (Å²) in [7, 11) is 0. The van der Waals surface area contributed by atoms with Crippen molar-refractivity contribution in [3.63, 3.8) is 0 Å². The largest absolute Gasteiger partial charge is 0.380 e. The molecule has 2 aromatic carbocycles. The summed E-state index contributed by atoms with van der Waals surface area (Å²) in [6.07, 6.45) is 0. The van der Waals surface area contributed by atoms with Crippen LogP contribution >= 0.6 is 31.9 Å². The lowest BCUT2D eigenvalue weighted by Gasteiger charge is -2.10. The number of nitrogens with one attached hydrogen (secondary N) is 1. The van der Waals surface area contributed by atoms with E-state index in [9.17, 15) is 14.5 Å². The summed E-state index contributed by atoms with van der Waals surface area (Å²) in [5, 5.41) is 13.8. The van der Waals surface area contributed by atoms with Crippen LogP contribution in [0.1, 0.15) is 5.56 Å². The minimum Gasteiger partial charge on any atom is -0.380 e. The first-order valence-corrected chi connectivity index (χ1v) is 7.17. The van der Waals surface area contributed by atoms with Gasteiger partial charge in [0.15, 0.2) is 0 Å². The Balaban J connectivity index is 2.13. The first kappa shape index (κ1) is 14.9. The molecule has 0 atom stereocenters. The zero-order chi connectivity index (χ0) is 14.7. The van der Waals surface area contributed by atoms with E-state index in [0.717, 1.165) is 11.3 Å². The Hall–Kier alpha value is -1.47. The van der Waals surface area contributed by atoms with E-state index in [1.54, 1.807) is 12.1 Å². The fourth-order valence-electron chi connectivity index (χ4n) is 1.62. The molecule has 7 heteroatoms. The van der Waals surface area contributed by atoms with Crippen molar-refractivity contribution in [1.82, 2.24) is 0 Å². The summed E-state index contributed by atoms with van der Waals surface area (Å²) in [5.41, 5.74) is 1.65. The van der Waals surface area contributed by atoms with E-state index in [0.29, 0.717) is 15.5 Å². The van der Waals surface area contributed by atoms with Gasteiger partial charge in [0.1, 0.15) is 5.82 Å². The molecule has 0 heterocycles. The second-order valence-electron chi connectivity index (χ2n) is 4.01. The lowest BCUT2D eigenvalue weighted by atomic mass is 10.2. The molecule has 0 amide bonds. The highest BCUT2D eigenvalue weighted by atomic mass is 79.9. The second-order valence-corrected chi connectivity index (χ2v) is 5.72. The van der Waals surface area contributed by atoms with Crippen LogP contribution in [0.3, 0.4) is 0 Å². The van der Waals surface area contributed by atoms with Gasteiger partial charge in [-0.25, -0.2) is 4.39 Å². The molecule has 0 aliphatic heterocycles. The van der Waals surface area contributed by atoms with Crippen molar-refractivity contribution in [2.75, 3.05) is 5.32 Å². The van der Waals surface area contributed by atoms with Crippen LogP contribution in [-0.2, 0) is 6.54 Å². The highest BCUT2D eigenvalue weighted by molar-refractivity contribution is 9.11. The van der Waals surface area contributed by atoms with Gasteiger partial charge < -0.3 is 5.32 Å².